The third-order valence-electron chi connectivity index (χ3n) is 4.58. The van der Waals surface area contributed by atoms with Crippen LogP contribution in [0.15, 0.2) is 5.16 Å². The van der Waals surface area contributed by atoms with Crippen molar-refractivity contribution in [3.63, 3.8) is 0 Å². The summed E-state index contributed by atoms with van der Waals surface area (Å²) in [7, 11) is 0. The number of thioether (sulfide) groups is 1. The number of rotatable bonds is 3. The summed E-state index contributed by atoms with van der Waals surface area (Å²) in [4.78, 5) is 11.9. The van der Waals surface area contributed by atoms with Crippen LogP contribution in [-0.2, 0) is 12.8 Å². The third-order valence-corrected chi connectivity index (χ3v) is 6.78. The third kappa shape index (κ3) is 2.98. The predicted octanol–water partition coefficient (Wildman–Crippen LogP) is 4.93. The molecule has 0 bridgehead atoms. The molecule has 2 N–H and O–H groups in total. The zero-order valence-electron chi connectivity index (χ0n) is 13.9. The Bertz CT molecular complexity index is 685. The molecule has 0 saturated carbocycles. The Kier molecular flexibility index (Phi) is 4.38. The predicted molar refractivity (Wildman–Crippen MR) is 97.8 cm³/mol. The summed E-state index contributed by atoms with van der Waals surface area (Å²) in [6.07, 6.45) is 4.65. The lowest BCUT2D eigenvalue weighted by Crippen LogP contribution is -2.26. The Morgan fingerprint density at radius 3 is 2.77 bits per heavy atom. The number of nitrogens with two attached hydrogens (primary N) is 1. The first-order chi connectivity index (χ1) is 10.4. The smallest absolute Gasteiger partial charge is 0.190 e. The average molecular weight is 336 g/mol. The van der Waals surface area contributed by atoms with Crippen LogP contribution in [0.1, 0.15) is 51.0 Å². The molecule has 3 rings (SSSR count). The van der Waals surface area contributed by atoms with Crippen molar-refractivity contribution >= 4 is 39.1 Å². The minimum Gasteiger partial charge on any atom is -0.383 e. The Morgan fingerprint density at radius 2 is 2.09 bits per heavy atom. The quantitative estimate of drug-likeness (QED) is 0.638. The number of aryl methyl sites for hydroxylation is 1. The van der Waals surface area contributed by atoms with Crippen LogP contribution in [-0.4, -0.2) is 15.7 Å². The molecular weight excluding hydrogens is 310 g/mol. The highest BCUT2D eigenvalue weighted by molar-refractivity contribution is 7.99. The molecule has 0 aliphatic heterocycles. The molecule has 0 saturated heterocycles. The van der Waals surface area contributed by atoms with E-state index in [1.165, 1.54) is 16.9 Å². The first-order valence-corrected chi connectivity index (χ1v) is 9.91. The molecule has 1 atom stereocenters. The fourth-order valence-corrected chi connectivity index (χ4v) is 5.25. The van der Waals surface area contributed by atoms with E-state index in [1.54, 1.807) is 11.8 Å². The summed E-state index contributed by atoms with van der Waals surface area (Å²) in [5, 5.41) is 1.96. The van der Waals surface area contributed by atoms with E-state index in [0.717, 1.165) is 46.3 Å². The summed E-state index contributed by atoms with van der Waals surface area (Å²) < 4.78 is 0. The lowest BCUT2D eigenvalue weighted by atomic mass is 9.72. The Morgan fingerprint density at radius 1 is 1.32 bits per heavy atom. The summed E-state index contributed by atoms with van der Waals surface area (Å²) in [5.41, 5.74) is 8.05. The lowest BCUT2D eigenvalue weighted by Gasteiger charge is -2.33. The Labute approximate surface area is 141 Å². The SMILES string of the molecule is CCCSc1nc(N)c2c3c(sc2n1)C[C@H](C(C)(C)C)CC3. The number of thiophene rings is 1. The van der Waals surface area contributed by atoms with E-state index < -0.39 is 0 Å². The van der Waals surface area contributed by atoms with Gasteiger partial charge < -0.3 is 5.73 Å². The van der Waals surface area contributed by atoms with Gasteiger partial charge in [0.25, 0.3) is 0 Å². The molecule has 3 nitrogen and oxygen atoms in total. The van der Waals surface area contributed by atoms with E-state index >= 15 is 0 Å². The van der Waals surface area contributed by atoms with Gasteiger partial charge in [0.1, 0.15) is 10.6 Å². The van der Waals surface area contributed by atoms with Gasteiger partial charge in [0, 0.05) is 10.6 Å². The first kappa shape index (κ1) is 16.1. The molecule has 1 aliphatic carbocycles. The van der Waals surface area contributed by atoms with Crippen LogP contribution in [0.25, 0.3) is 10.2 Å². The van der Waals surface area contributed by atoms with E-state index in [9.17, 15) is 0 Å². The van der Waals surface area contributed by atoms with Crippen LogP contribution in [0.5, 0.6) is 0 Å². The van der Waals surface area contributed by atoms with Crippen molar-refractivity contribution in [1.82, 2.24) is 9.97 Å². The molecule has 0 amide bonds. The van der Waals surface area contributed by atoms with Gasteiger partial charge in [-0.3, -0.25) is 0 Å². The first-order valence-electron chi connectivity index (χ1n) is 8.10. The summed E-state index contributed by atoms with van der Waals surface area (Å²) in [6.45, 7) is 9.22. The molecule has 0 spiro atoms. The minimum atomic E-state index is 0.368. The highest BCUT2D eigenvalue weighted by Crippen LogP contribution is 2.44. The Balaban J connectivity index is 1.99. The van der Waals surface area contributed by atoms with Gasteiger partial charge in [-0.05, 0) is 42.6 Å². The number of nitrogen functional groups attached to an aromatic ring is 1. The molecule has 0 aromatic carbocycles. The molecule has 2 aromatic rings. The largest absolute Gasteiger partial charge is 0.383 e. The van der Waals surface area contributed by atoms with Crippen molar-refractivity contribution < 1.29 is 0 Å². The van der Waals surface area contributed by atoms with Gasteiger partial charge in [0.05, 0.1) is 5.39 Å². The minimum absolute atomic E-state index is 0.368. The Hall–Kier alpha value is -0.810. The summed E-state index contributed by atoms with van der Waals surface area (Å²) in [6, 6.07) is 0. The van der Waals surface area contributed by atoms with E-state index in [-0.39, 0.29) is 0 Å². The van der Waals surface area contributed by atoms with Gasteiger partial charge in [-0.1, -0.05) is 39.5 Å². The van der Waals surface area contributed by atoms with Gasteiger partial charge in [-0.2, -0.15) is 0 Å². The normalized spacial score (nSPS) is 18.6. The molecule has 120 valence electrons. The van der Waals surface area contributed by atoms with Gasteiger partial charge >= 0.3 is 0 Å². The van der Waals surface area contributed by atoms with Crippen LogP contribution < -0.4 is 5.73 Å². The fourth-order valence-electron chi connectivity index (χ4n) is 3.18. The molecule has 0 fully saturated rings. The summed E-state index contributed by atoms with van der Waals surface area (Å²) >= 11 is 3.54. The number of anilines is 1. The molecule has 2 heterocycles. The van der Waals surface area contributed by atoms with Crippen molar-refractivity contribution in [2.24, 2.45) is 11.3 Å². The average Bonchev–Trinajstić information content (AvgIpc) is 2.81. The zero-order valence-corrected chi connectivity index (χ0v) is 15.5. The van der Waals surface area contributed by atoms with E-state index in [1.807, 2.05) is 11.3 Å². The highest BCUT2D eigenvalue weighted by Gasteiger charge is 2.31. The molecule has 0 unspecified atom stereocenters. The molecule has 2 aromatic heterocycles. The van der Waals surface area contributed by atoms with Crippen LogP contribution in [0.4, 0.5) is 5.82 Å². The topological polar surface area (TPSA) is 51.8 Å². The highest BCUT2D eigenvalue weighted by atomic mass is 32.2. The number of nitrogens with zero attached hydrogens (tertiary/aromatic N) is 2. The number of aromatic nitrogens is 2. The van der Waals surface area contributed by atoms with Gasteiger partial charge in [-0.25, -0.2) is 9.97 Å². The van der Waals surface area contributed by atoms with Crippen molar-refractivity contribution in [1.29, 1.82) is 0 Å². The molecule has 5 heteroatoms. The fraction of sp³-hybridized carbons (Fsp3) is 0.647. The molecule has 0 radical (unpaired) electrons. The van der Waals surface area contributed by atoms with E-state index in [4.69, 9.17) is 10.7 Å². The maximum absolute atomic E-state index is 6.26. The number of hydrogen-bond acceptors (Lipinski definition) is 5. The van der Waals surface area contributed by atoms with Crippen LogP contribution in [0.2, 0.25) is 0 Å². The summed E-state index contributed by atoms with van der Waals surface area (Å²) in [5.74, 6) is 2.47. The van der Waals surface area contributed by atoms with E-state index in [2.05, 4.69) is 32.7 Å². The van der Waals surface area contributed by atoms with Crippen LogP contribution in [0.3, 0.4) is 0 Å². The maximum Gasteiger partial charge on any atom is 0.190 e. The van der Waals surface area contributed by atoms with Gasteiger partial charge in [0.15, 0.2) is 5.16 Å². The van der Waals surface area contributed by atoms with Crippen molar-refractivity contribution in [3.8, 4) is 0 Å². The maximum atomic E-state index is 6.26. The lowest BCUT2D eigenvalue weighted by molar-refractivity contribution is 0.218. The van der Waals surface area contributed by atoms with Crippen molar-refractivity contribution in [2.75, 3.05) is 11.5 Å². The number of fused-ring (bicyclic) bond motifs is 3. The van der Waals surface area contributed by atoms with Crippen molar-refractivity contribution in [3.05, 3.63) is 10.4 Å². The second-order valence-electron chi connectivity index (χ2n) is 7.23. The number of hydrogen-bond donors (Lipinski definition) is 1. The monoisotopic (exact) mass is 335 g/mol. The zero-order chi connectivity index (χ0) is 15.9. The van der Waals surface area contributed by atoms with Crippen LogP contribution in [0, 0.1) is 11.3 Å². The van der Waals surface area contributed by atoms with Crippen molar-refractivity contribution in [2.45, 2.75) is 58.5 Å². The molecule has 22 heavy (non-hydrogen) atoms. The second kappa shape index (κ2) is 6.00. The van der Waals surface area contributed by atoms with Crippen LogP contribution >= 0.6 is 23.1 Å². The van der Waals surface area contributed by atoms with Gasteiger partial charge in [0.2, 0.25) is 0 Å². The molecular formula is C17H25N3S2. The second-order valence-corrected chi connectivity index (χ2v) is 9.38. The van der Waals surface area contributed by atoms with Gasteiger partial charge in [-0.15, -0.1) is 11.3 Å². The standard InChI is InChI=1S/C17H25N3S2/c1-5-8-21-16-19-14(18)13-11-7-6-10(17(2,3)4)9-12(11)22-15(13)20-16/h10H,5-9H2,1-4H3,(H2,18,19,20)/t10-/m1/s1. The van der Waals surface area contributed by atoms with E-state index in [0.29, 0.717) is 11.2 Å². The molecule has 1 aliphatic rings.